The predicted octanol–water partition coefficient (Wildman–Crippen LogP) is 2.87. The molecule has 0 spiro atoms. The number of aldehydes is 1. The quantitative estimate of drug-likeness (QED) is 0.682. The van der Waals surface area contributed by atoms with Gasteiger partial charge in [0.2, 0.25) is 0 Å². The molecule has 3 rings (SSSR count). The van der Waals surface area contributed by atoms with Gasteiger partial charge in [-0.1, -0.05) is 18.2 Å². The molecule has 0 atom stereocenters. The molecule has 1 heterocycles. The maximum absolute atomic E-state index is 11.1. The molecule has 1 saturated carbocycles. The molecule has 0 amide bonds. The van der Waals surface area contributed by atoms with Gasteiger partial charge in [0.1, 0.15) is 0 Å². The molecular formula is C13H13NO. The molecule has 2 nitrogen and oxygen atoms in total. The second kappa shape index (κ2) is 2.96. The van der Waals surface area contributed by atoms with E-state index in [9.17, 15) is 4.79 Å². The van der Waals surface area contributed by atoms with E-state index in [0.717, 1.165) is 12.0 Å². The van der Waals surface area contributed by atoms with Crippen molar-refractivity contribution >= 4 is 17.2 Å². The van der Waals surface area contributed by atoms with E-state index in [2.05, 4.69) is 12.1 Å². The molecule has 0 bridgehead atoms. The molecule has 0 aliphatic heterocycles. The number of fused-ring (bicyclic) bond motifs is 1. The summed E-state index contributed by atoms with van der Waals surface area (Å²) in [6.07, 6.45) is 3.46. The van der Waals surface area contributed by atoms with Crippen molar-refractivity contribution in [2.45, 2.75) is 18.8 Å². The number of nitrogens with zero attached hydrogens (tertiary/aromatic N) is 1. The fourth-order valence-corrected chi connectivity index (χ4v) is 2.39. The van der Waals surface area contributed by atoms with E-state index in [1.54, 1.807) is 0 Å². The van der Waals surface area contributed by atoms with Crippen LogP contribution in [0.3, 0.4) is 0 Å². The van der Waals surface area contributed by atoms with Gasteiger partial charge in [0, 0.05) is 18.0 Å². The Kier molecular flexibility index (Phi) is 1.72. The highest BCUT2D eigenvalue weighted by molar-refractivity contribution is 5.94. The molecule has 2 heteroatoms. The van der Waals surface area contributed by atoms with Crippen molar-refractivity contribution in [3.63, 3.8) is 0 Å². The molecule has 1 aromatic heterocycles. The zero-order valence-corrected chi connectivity index (χ0v) is 8.73. The van der Waals surface area contributed by atoms with Crippen LogP contribution in [0.4, 0.5) is 0 Å². The van der Waals surface area contributed by atoms with Crippen LogP contribution in [-0.2, 0) is 7.05 Å². The molecule has 0 unspecified atom stereocenters. The Morgan fingerprint density at radius 1 is 1.33 bits per heavy atom. The number of hydrogen-bond acceptors (Lipinski definition) is 1. The Labute approximate surface area is 88.5 Å². The van der Waals surface area contributed by atoms with Gasteiger partial charge in [-0.3, -0.25) is 4.79 Å². The van der Waals surface area contributed by atoms with E-state index < -0.39 is 0 Å². The Balaban J connectivity index is 2.42. The lowest BCUT2D eigenvalue weighted by Crippen LogP contribution is -1.96. The van der Waals surface area contributed by atoms with E-state index >= 15 is 0 Å². The highest BCUT2D eigenvalue weighted by Crippen LogP contribution is 2.45. The first kappa shape index (κ1) is 8.72. The Bertz CT molecular complexity index is 535. The first-order valence-corrected chi connectivity index (χ1v) is 5.35. The van der Waals surface area contributed by atoms with Crippen LogP contribution in [0.15, 0.2) is 24.3 Å². The van der Waals surface area contributed by atoms with Gasteiger partial charge in [0.25, 0.3) is 0 Å². The van der Waals surface area contributed by atoms with Crippen molar-refractivity contribution in [2.75, 3.05) is 0 Å². The van der Waals surface area contributed by atoms with Gasteiger partial charge in [-0.05, 0) is 30.4 Å². The number of aryl methyl sites for hydroxylation is 1. The van der Waals surface area contributed by atoms with Gasteiger partial charge < -0.3 is 4.57 Å². The topological polar surface area (TPSA) is 22.0 Å². The number of aromatic nitrogens is 1. The van der Waals surface area contributed by atoms with Gasteiger partial charge >= 0.3 is 0 Å². The lowest BCUT2D eigenvalue weighted by atomic mass is 10.1. The third kappa shape index (κ3) is 1.14. The van der Waals surface area contributed by atoms with Crippen LogP contribution in [-0.4, -0.2) is 10.9 Å². The van der Waals surface area contributed by atoms with Crippen LogP contribution < -0.4 is 0 Å². The zero-order chi connectivity index (χ0) is 10.4. The average Bonchev–Trinajstić information content (AvgIpc) is 3.05. The molecule has 0 saturated heterocycles. The minimum Gasteiger partial charge on any atom is -0.341 e. The van der Waals surface area contributed by atoms with Crippen LogP contribution in [0.25, 0.3) is 10.9 Å². The molecule has 0 radical (unpaired) electrons. The number of carbonyl (C=O) groups excluding carboxylic acids is 1. The summed E-state index contributed by atoms with van der Waals surface area (Å²) >= 11 is 0. The maximum atomic E-state index is 11.1. The molecule has 2 aromatic rings. The summed E-state index contributed by atoms with van der Waals surface area (Å²) in [6.45, 7) is 0. The molecule has 76 valence electrons. The molecule has 1 fully saturated rings. The summed E-state index contributed by atoms with van der Waals surface area (Å²) < 4.78 is 2.01. The van der Waals surface area contributed by atoms with Crippen molar-refractivity contribution in [2.24, 2.45) is 7.05 Å². The molecule has 0 N–H and O–H groups in total. The van der Waals surface area contributed by atoms with Crippen molar-refractivity contribution in [3.8, 4) is 0 Å². The number of hydrogen-bond donors (Lipinski definition) is 0. The third-order valence-corrected chi connectivity index (χ3v) is 3.29. The van der Waals surface area contributed by atoms with Gasteiger partial charge in [-0.25, -0.2) is 0 Å². The number of carbonyl (C=O) groups is 1. The van der Waals surface area contributed by atoms with Crippen molar-refractivity contribution in [1.29, 1.82) is 0 Å². The van der Waals surface area contributed by atoms with E-state index in [-0.39, 0.29) is 0 Å². The SMILES string of the molecule is Cn1c(C=O)c(C2CC2)c2ccccc21. The lowest BCUT2D eigenvalue weighted by Gasteiger charge is -1.97. The first-order valence-electron chi connectivity index (χ1n) is 5.35. The number of benzene rings is 1. The van der Waals surface area contributed by atoms with E-state index in [1.165, 1.54) is 29.3 Å². The molecular weight excluding hydrogens is 186 g/mol. The van der Waals surface area contributed by atoms with E-state index in [0.29, 0.717) is 5.92 Å². The minimum atomic E-state index is 0.622. The summed E-state index contributed by atoms with van der Waals surface area (Å²) in [5.41, 5.74) is 3.29. The first-order chi connectivity index (χ1) is 7.33. The fraction of sp³-hybridized carbons (Fsp3) is 0.308. The monoisotopic (exact) mass is 199 g/mol. The van der Waals surface area contributed by atoms with Crippen molar-refractivity contribution in [1.82, 2.24) is 4.57 Å². The smallest absolute Gasteiger partial charge is 0.166 e. The molecule has 1 aliphatic carbocycles. The van der Waals surface area contributed by atoms with Crippen molar-refractivity contribution < 1.29 is 4.79 Å². The van der Waals surface area contributed by atoms with Crippen LogP contribution in [0.2, 0.25) is 0 Å². The van der Waals surface area contributed by atoms with Crippen LogP contribution >= 0.6 is 0 Å². The van der Waals surface area contributed by atoms with E-state index in [1.807, 2.05) is 23.7 Å². The second-order valence-corrected chi connectivity index (χ2v) is 4.27. The number of para-hydroxylation sites is 1. The predicted molar refractivity (Wildman–Crippen MR) is 60.3 cm³/mol. The normalized spacial score (nSPS) is 15.8. The summed E-state index contributed by atoms with van der Waals surface area (Å²) in [5.74, 6) is 0.622. The summed E-state index contributed by atoms with van der Waals surface area (Å²) in [4.78, 5) is 11.1. The van der Waals surface area contributed by atoms with Gasteiger partial charge in [-0.15, -0.1) is 0 Å². The third-order valence-electron chi connectivity index (χ3n) is 3.29. The lowest BCUT2D eigenvalue weighted by molar-refractivity contribution is 0.111. The largest absolute Gasteiger partial charge is 0.341 e. The Hall–Kier alpha value is -1.57. The summed E-state index contributed by atoms with van der Waals surface area (Å²) in [7, 11) is 1.97. The standard InChI is InChI=1S/C13H13NO/c1-14-11-5-3-2-4-10(11)13(9-6-7-9)12(14)8-15/h2-5,8-9H,6-7H2,1H3. The summed E-state index contributed by atoms with van der Waals surface area (Å²) in [6, 6.07) is 8.26. The van der Waals surface area contributed by atoms with Gasteiger partial charge in [-0.2, -0.15) is 0 Å². The zero-order valence-electron chi connectivity index (χ0n) is 8.73. The van der Waals surface area contributed by atoms with Gasteiger partial charge in [0.15, 0.2) is 6.29 Å². The molecule has 1 aromatic carbocycles. The van der Waals surface area contributed by atoms with Crippen molar-refractivity contribution in [3.05, 3.63) is 35.5 Å². The Morgan fingerprint density at radius 3 is 2.73 bits per heavy atom. The van der Waals surface area contributed by atoms with Gasteiger partial charge in [0.05, 0.1) is 5.69 Å². The minimum absolute atomic E-state index is 0.622. The Morgan fingerprint density at radius 2 is 2.07 bits per heavy atom. The summed E-state index contributed by atoms with van der Waals surface area (Å²) in [5, 5.41) is 1.25. The van der Waals surface area contributed by atoms with Crippen LogP contribution in [0, 0.1) is 0 Å². The van der Waals surface area contributed by atoms with Crippen LogP contribution in [0.1, 0.15) is 34.8 Å². The fourth-order valence-electron chi connectivity index (χ4n) is 2.39. The van der Waals surface area contributed by atoms with Crippen LogP contribution in [0.5, 0.6) is 0 Å². The second-order valence-electron chi connectivity index (χ2n) is 4.27. The molecule has 15 heavy (non-hydrogen) atoms. The highest BCUT2D eigenvalue weighted by atomic mass is 16.1. The maximum Gasteiger partial charge on any atom is 0.166 e. The average molecular weight is 199 g/mol. The number of rotatable bonds is 2. The molecule has 1 aliphatic rings. The van der Waals surface area contributed by atoms with E-state index in [4.69, 9.17) is 0 Å². The highest BCUT2D eigenvalue weighted by Gasteiger charge is 2.30.